The minimum atomic E-state index is 0.610. The van der Waals surface area contributed by atoms with Crippen LogP contribution in [0.4, 0.5) is 0 Å². The van der Waals surface area contributed by atoms with Gasteiger partial charge in [0.25, 0.3) is 0 Å². The molecule has 1 aliphatic heterocycles. The van der Waals surface area contributed by atoms with Gasteiger partial charge in [0.05, 0.1) is 16.8 Å². The highest BCUT2D eigenvalue weighted by Crippen LogP contribution is 2.27. The predicted octanol–water partition coefficient (Wildman–Crippen LogP) is 3.00. The number of nitrogens with zero attached hydrogens (tertiary/aromatic N) is 1. The first-order valence-corrected chi connectivity index (χ1v) is 7.53. The molecule has 3 rings (SSSR count). The van der Waals surface area contributed by atoms with Crippen molar-refractivity contribution >= 4 is 11.3 Å². The Morgan fingerprint density at radius 2 is 2.39 bits per heavy atom. The van der Waals surface area contributed by atoms with Crippen LogP contribution in [-0.4, -0.2) is 22.6 Å². The van der Waals surface area contributed by atoms with Gasteiger partial charge >= 0.3 is 0 Å². The second-order valence-electron chi connectivity index (χ2n) is 4.86. The molecule has 4 heteroatoms. The topological polar surface area (TPSA) is 40.7 Å². The lowest BCUT2D eigenvalue weighted by molar-refractivity contribution is 0.589. The number of imidazole rings is 1. The van der Waals surface area contributed by atoms with Crippen LogP contribution in [-0.2, 0) is 12.8 Å². The normalized spacial score (nSPS) is 19.5. The van der Waals surface area contributed by atoms with Crippen LogP contribution in [0.25, 0.3) is 10.6 Å². The molecule has 1 saturated heterocycles. The van der Waals surface area contributed by atoms with Crippen LogP contribution in [0, 0.1) is 0 Å². The molecule has 96 valence electrons. The Morgan fingerprint density at radius 3 is 3.11 bits per heavy atom. The van der Waals surface area contributed by atoms with E-state index in [-0.39, 0.29) is 0 Å². The Labute approximate surface area is 112 Å². The number of aryl methyl sites for hydroxylation is 1. The van der Waals surface area contributed by atoms with E-state index >= 15 is 0 Å². The smallest absolute Gasteiger partial charge is 0.108 e. The van der Waals surface area contributed by atoms with Crippen molar-refractivity contribution in [1.29, 1.82) is 0 Å². The highest BCUT2D eigenvalue weighted by Gasteiger charge is 2.16. The van der Waals surface area contributed by atoms with Crippen molar-refractivity contribution in [2.75, 3.05) is 6.54 Å². The van der Waals surface area contributed by atoms with E-state index < -0.39 is 0 Å². The average molecular weight is 261 g/mol. The molecule has 3 nitrogen and oxygen atoms in total. The number of rotatable bonds is 4. The fourth-order valence-corrected chi connectivity index (χ4v) is 3.38. The second-order valence-corrected chi connectivity index (χ2v) is 6.03. The SMILES string of the molecule is CCc1ccc(-c2cnc(CC3CCCN3)[nH]2)s1. The molecule has 1 unspecified atom stereocenters. The fourth-order valence-electron chi connectivity index (χ4n) is 2.47. The third-order valence-electron chi connectivity index (χ3n) is 3.51. The van der Waals surface area contributed by atoms with Crippen LogP contribution in [0.1, 0.15) is 30.5 Å². The molecular weight excluding hydrogens is 242 g/mol. The summed E-state index contributed by atoms with van der Waals surface area (Å²) in [5.41, 5.74) is 1.16. The van der Waals surface area contributed by atoms with Crippen molar-refractivity contribution in [2.45, 2.75) is 38.6 Å². The molecule has 1 aliphatic rings. The molecule has 2 N–H and O–H groups in total. The summed E-state index contributed by atoms with van der Waals surface area (Å²) in [6, 6.07) is 5.01. The third kappa shape index (κ3) is 2.49. The van der Waals surface area contributed by atoms with Crippen LogP contribution >= 0.6 is 11.3 Å². The van der Waals surface area contributed by atoms with Gasteiger partial charge in [0.15, 0.2) is 0 Å². The van der Waals surface area contributed by atoms with Crippen molar-refractivity contribution < 1.29 is 0 Å². The zero-order valence-electron chi connectivity index (χ0n) is 10.7. The summed E-state index contributed by atoms with van der Waals surface area (Å²) >= 11 is 1.86. The second kappa shape index (κ2) is 5.24. The number of thiophene rings is 1. The number of hydrogen-bond acceptors (Lipinski definition) is 3. The number of aromatic nitrogens is 2. The van der Waals surface area contributed by atoms with Gasteiger partial charge < -0.3 is 10.3 Å². The maximum Gasteiger partial charge on any atom is 0.108 e. The third-order valence-corrected chi connectivity index (χ3v) is 4.77. The van der Waals surface area contributed by atoms with E-state index in [4.69, 9.17) is 0 Å². The largest absolute Gasteiger partial charge is 0.341 e. The van der Waals surface area contributed by atoms with Gasteiger partial charge in [-0.3, -0.25) is 0 Å². The number of H-pyrrole nitrogens is 1. The molecular formula is C14H19N3S. The van der Waals surface area contributed by atoms with Gasteiger partial charge in [-0.2, -0.15) is 0 Å². The molecule has 0 spiro atoms. The lowest BCUT2D eigenvalue weighted by Crippen LogP contribution is -2.24. The average Bonchev–Trinajstić information content (AvgIpc) is 3.09. The quantitative estimate of drug-likeness (QED) is 0.888. The Hall–Kier alpha value is -1.13. The molecule has 1 fully saturated rings. The van der Waals surface area contributed by atoms with Crippen LogP contribution in [0.2, 0.25) is 0 Å². The van der Waals surface area contributed by atoms with Crippen molar-refractivity contribution in [3.05, 3.63) is 29.0 Å². The molecule has 3 heterocycles. The van der Waals surface area contributed by atoms with Crippen molar-refractivity contribution in [2.24, 2.45) is 0 Å². The van der Waals surface area contributed by atoms with Crippen molar-refractivity contribution in [1.82, 2.24) is 15.3 Å². The van der Waals surface area contributed by atoms with Gasteiger partial charge in [0, 0.05) is 17.3 Å². The highest BCUT2D eigenvalue weighted by atomic mass is 32.1. The summed E-state index contributed by atoms with van der Waals surface area (Å²) in [6.45, 7) is 3.35. The number of aromatic amines is 1. The van der Waals surface area contributed by atoms with Crippen LogP contribution < -0.4 is 5.32 Å². The van der Waals surface area contributed by atoms with E-state index in [2.05, 4.69) is 34.3 Å². The van der Waals surface area contributed by atoms with Gasteiger partial charge in [0.2, 0.25) is 0 Å². The van der Waals surface area contributed by atoms with E-state index in [1.54, 1.807) is 0 Å². The van der Waals surface area contributed by atoms with Crippen molar-refractivity contribution in [3.8, 4) is 10.6 Å². The molecule has 2 aromatic rings. The van der Waals surface area contributed by atoms with E-state index in [0.29, 0.717) is 6.04 Å². The summed E-state index contributed by atoms with van der Waals surface area (Å²) < 4.78 is 0. The lowest BCUT2D eigenvalue weighted by Gasteiger charge is -2.06. The van der Waals surface area contributed by atoms with E-state index in [1.807, 2.05) is 17.5 Å². The fraction of sp³-hybridized carbons (Fsp3) is 0.500. The zero-order valence-corrected chi connectivity index (χ0v) is 11.5. The Bertz CT molecular complexity index is 509. The summed E-state index contributed by atoms with van der Waals surface area (Å²) in [5.74, 6) is 1.11. The Balaban J connectivity index is 1.72. The molecule has 0 saturated carbocycles. The zero-order chi connectivity index (χ0) is 12.4. The van der Waals surface area contributed by atoms with E-state index in [9.17, 15) is 0 Å². The number of nitrogens with one attached hydrogen (secondary N) is 2. The van der Waals surface area contributed by atoms with Crippen molar-refractivity contribution in [3.63, 3.8) is 0 Å². The minimum Gasteiger partial charge on any atom is -0.341 e. The summed E-state index contributed by atoms with van der Waals surface area (Å²) in [7, 11) is 0. The van der Waals surface area contributed by atoms with Gasteiger partial charge in [-0.1, -0.05) is 6.92 Å². The first-order valence-electron chi connectivity index (χ1n) is 6.71. The van der Waals surface area contributed by atoms with Crippen LogP contribution in [0.3, 0.4) is 0 Å². The first kappa shape index (κ1) is 11.9. The predicted molar refractivity (Wildman–Crippen MR) is 76.0 cm³/mol. The van der Waals surface area contributed by atoms with Gasteiger partial charge in [-0.05, 0) is 37.9 Å². The molecule has 0 radical (unpaired) electrons. The van der Waals surface area contributed by atoms with E-state index in [1.165, 1.54) is 22.6 Å². The summed E-state index contributed by atoms with van der Waals surface area (Å²) in [4.78, 5) is 10.7. The molecule has 0 aromatic carbocycles. The molecule has 2 aromatic heterocycles. The minimum absolute atomic E-state index is 0.610. The number of hydrogen-bond donors (Lipinski definition) is 2. The van der Waals surface area contributed by atoms with Gasteiger partial charge in [-0.25, -0.2) is 4.98 Å². The van der Waals surface area contributed by atoms with Crippen LogP contribution in [0.15, 0.2) is 18.3 Å². The maximum atomic E-state index is 4.50. The monoisotopic (exact) mass is 261 g/mol. The Kier molecular flexibility index (Phi) is 3.48. The molecule has 0 amide bonds. The molecule has 18 heavy (non-hydrogen) atoms. The molecule has 0 aliphatic carbocycles. The van der Waals surface area contributed by atoms with Gasteiger partial charge in [0.1, 0.15) is 5.82 Å². The van der Waals surface area contributed by atoms with Crippen LogP contribution in [0.5, 0.6) is 0 Å². The molecule has 0 bridgehead atoms. The lowest BCUT2D eigenvalue weighted by atomic mass is 10.1. The summed E-state index contributed by atoms with van der Waals surface area (Å²) in [5, 5.41) is 3.51. The van der Waals surface area contributed by atoms with Gasteiger partial charge in [-0.15, -0.1) is 11.3 Å². The maximum absolute atomic E-state index is 4.50. The summed E-state index contributed by atoms with van der Waals surface area (Å²) in [6.07, 6.45) is 6.66. The standard InChI is InChI=1S/C14H19N3S/c1-2-11-5-6-13(18-11)12-9-16-14(17-12)8-10-4-3-7-15-10/h5-6,9-10,15H,2-4,7-8H2,1H3,(H,16,17). The van der Waals surface area contributed by atoms with E-state index in [0.717, 1.165) is 30.9 Å². The molecule has 1 atom stereocenters. The highest BCUT2D eigenvalue weighted by molar-refractivity contribution is 7.15. The Morgan fingerprint density at radius 1 is 1.44 bits per heavy atom. The first-order chi connectivity index (χ1) is 8.85.